The average molecular weight is 766 g/mol. The molecule has 39 heavy (non-hydrogen) atoms. The van der Waals surface area contributed by atoms with Crippen LogP contribution in [-0.4, -0.2) is 45.0 Å². The van der Waals surface area contributed by atoms with Gasteiger partial charge in [-0.25, -0.2) is 6.42 Å². The second-order valence-electron chi connectivity index (χ2n) is 8.29. The molecule has 0 aliphatic heterocycles. The van der Waals surface area contributed by atoms with Crippen LogP contribution in [0, 0.1) is 62.6 Å². The third-order valence-corrected chi connectivity index (χ3v) is 4.85. The van der Waals surface area contributed by atoms with Gasteiger partial charge in [-0.2, -0.15) is 36.6 Å². The summed E-state index contributed by atoms with van der Waals surface area (Å²) in [6.45, 7) is 23.1. The van der Waals surface area contributed by atoms with Gasteiger partial charge in [-0.3, -0.25) is 4.68 Å². The fraction of sp³-hybridized carbons (Fsp3) is 0.556. The van der Waals surface area contributed by atoms with Crippen LogP contribution >= 0.6 is 0 Å². The van der Waals surface area contributed by atoms with E-state index < -0.39 is 0 Å². The van der Waals surface area contributed by atoms with Gasteiger partial charge in [0.2, 0.25) is 0 Å². The van der Waals surface area contributed by atoms with Gasteiger partial charge in [-0.15, -0.1) is 10.3 Å². The predicted octanol–water partition coefficient (Wildman–Crippen LogP) is 6.43. The fourth-order valence-electron chi connectivity index (χ4n) is 2.57. The van der Waals surface area contributed by atoms with Gasteiger partial charge in [0.15, 0.2) is 0 Å². The monoisotopic (exact) mass is 766 g/mol. The Labute approximate surface area is 315 Å². The van der Waals surface area contributed by atoms with Crippen LogP contribution in [0.1, 0.15) is 94.8 Å². The van der Waals surface area contributed by atoms with Crippen molar-refractivity contribution in [1.29, 1.82) is 0 Å². The summed E-state index contributed by atoms with van der Waals surface area (Å²) in [5.41, 5.74) is 2.86. The largest absolute Gasteiger partial charge is 0.388 e. The zero-order chi connectivity index (χ0) is 26.5. The number of hydrogen-bond donors (Lipinski definition) is 0. The Morgan fingerprint density at radius 3 is 1.77 bits per heavy atom. The smallest absolute Gasteiger partial charge is 0.0796 e. The number of nitrogens with zero attached hydrogens (tertiary/aromatic N) is 9. The van der Waals surface area contributed by atoms with E-state index in [1.54, 1.807) is 10.9 Å². The molecule has 0 bridgehead atoms. The van der Waals surface area contributed by atoms with Gasteiger partial charge >= 0.3 is 0 Å². The topological polar surface area (TPSA) is 92.1 Å². The van der Waals surface area contributed by atoms with E-state index in [0.717, 1.165) is 36.3 Å². The summed E-state index contributed by atoms with van der Waals surface area (Å²) in [7, 11) is 3.52. The molecule has 3 radical (unpaired) electrons. The van der Waals surface area contributed by atoms with Gasteiger partial charge in [-0.05, 0) is 32.7 Å². The maximum atomic E-state index is 3.91. The van der Waals surface area contributed by atoms with E-state index in [4.69, 9.17) is 0 Å². The summed E-state index contributed by atoms with van der Waals surface area (Å²) in [6, 6.07) is 0.362. The SMILES string of the molecule is [CH2-]CC(C)n1cc(C)nn1.[CH2-]CCCCCCCC.[CH2-]C[CH-]n1cc(C)nn1.[CH2-]n1nncc1C.[CH3-].[Y].[Y].[Y]. The van der Waals surface area contributed by atoms with E-state index in [1.807, 2.05) is 44.4 Å². The molecular weight excluding hydrogens is 717 g/mol. The Hall–Kier alpha value is 0.472. The van der Waals surface area contributed by atoms with E-state index in [-0.39, 0.29) is 106 Å². The molecule has 1 atom stereocenters. The second-order valence-corrected chi connectivity index (χ2v) is 8.29. The summed E-state index contributed by atoms with van der Waals surface area (Å²) in [4.78, 5) is 0. The molecule has 1 unspecified atom stereocenters. The summed E-state index contributed by atoms with van der Waals surface area (Å²) < 4.78 is 4.98. The zero-order valence-corrected chi connectivity index (χ0v) is 33.9. The molecule has 3 aromatic heterocycles. The first-order chi connectivity index (χ1) is 16.8. The molecule has 0 saturated carbocycles. The molecule has 3 rings (SSSR count). The van der Waals surface area contributed by atoms with Crippen LogP contribution in [0.3, 0.4) is 0 Å². The first kappa shape index (κ1) is 49.2. The average Bonchev–Trinajstić information content (AvgIpc) is 3.57. The number of rotatable bonds is 10. The third kappa shape index (κ3) is 27.1. The van der Waals surface area contributed by atoms with Crippen molar-refractivity contribution in [3.63, 3.8) is 0 Å². The normalized spacial score (nSPS) is 9.64. The van der Waals surface area contributed by atoms with Crippen LogP contribution < -0.4 is 0 Å². The van der Waals surface area contributed by atoms with Crippen molar-refractivity contribution in [1.82, 2.24) is 45.0 Å². The molecule has 3 aromatic rings. The van der Waals surface area contributed by atoms with E-state index in [0.29, 0.717) is 6.04 Å². The Bertz CT molecular complexity index is 844. The Kier molecular flexibility index (Phi) is 41.6. The number of aromatic nitrogens is 9. The molecule has 0 aliphatic carbocycles. The minimum atomic E-state index is 0. The van der Waals surface area contributed by atoms with Crippen LogP contribution in [-0.2, 0) is 98.1 Å². The first-order valence-corrected chi connectivity index (χ1v) is 12.4. The molecule has 217 valence electrons. The standard InChI is InChI=1S/C9H19.C7H12N3.C6H9N3.C4H6N3.CH3.3Y/c1-3-5-7-9-8-6-4-2;1-4-7(3)10-5-6(2)8-9-10;1-3-4-9-5-6(2)7-8-9;1-4-3-5-6-7(4)2;;;;/h1,3-9H2,2H3;5,7H,1,4H2,2-3H3;4-5H,1,3H2,2H3;3H,2H2,1H3;1H3;;;/q2*-1;-2;2*-1;;;. The predicted molar refractivity (Wildman–Crippen MR) is 149 cm³/mol. The molecule has 0 saturated heterocycles. The van der Waals surface area contributed by atoms with Gasteiger partial charge in [0.1, 0.15) is 0 Å². The van der Waals surface area contributed by atoms with Crippen molar-refractivity contribution in [3.8, 4) is 0 Å². The van der Waals surface area contributed by atoms with Gasteiger partial charge in [-0.1, -0.05) is 74.7 Å². The van der Waals surface area contributed by atoms with Crippen molar-refractivity contribution in [2.45, 2.75) is 98.4 Å². The number of aryl methyl sites for hydroxylation is 3. The Morgan fingerprint density at radius 1 is 0.846 bits per heavy atom. The van der Waals surface area contributed by atoms with Crippen molar-refractivity contribution >= 4 is 0 Å². The molecule has 0 aliphatic rings. The van der Waals surface area contributed by atoms with E-state index >= 15 is 0 Å². The maximum Gasteiger partial charge on any atom is 0.0796 e. The van der Waals surface area contributed by atoms with E-state index in [2.05, 4.69) is 72.6 Å². The fourth-order valence-corrected chi connectivity index (χ4v) is 2.57. The molecular formula is C27H49N9Y3-6. The number of unbranched alkanes of at least 4 members (excludes halogenated alkanes) is 6. The van der Waals surface area contributed by atoms with Crippen molar-refractivity contribution in [3.05, 3.63) is 77.5 Å². The van der Waals surface area contributed by atoms with Crippen LogP contribution in [0.15, 0.2) is 18.6 Å². The summed E-state index contributed by atoms with van der Waals surface area (Å²) >= 11 is 0. The summed E-state index contributed by atoms with van der Waals surface area (Å²) in [6.07, 6.45) is 16.5. The summed E-state index contributed by atoms with van der Waals surface area (Å²) in [5.74, 6) is 0. The minimum absolute atomic E-state index is 0. The quantitative estimate of drug-likeness (QED) is 0.175. The van der Waals surface area contributed by atoms with Crippen molar-refractivity contribution in [2.75, 3.05) is 0 Å². The van der Waals surface area contributed by atoms with Gasteiger partial charge in [0.25, 0.3) is 0 Å². The minimum Gasteiger partial charge on any atom is -0.388 e. The molecule has 12 heteroatoms. The van der Waals surface area contributed by atoms with Crippen LogP contribution in [0.25, 0.3) is 0 Å². The first-order valence-electron chi connectivity index (χ1n) is 12.4. The van der Waals surface area contributed by atoms with Gasteiger partial charge in [0.05, 0.1) is 5.69 Å². The van der Waals surface area contributed by atoms with Crippen molar-refractivity contribution < 1.29 is 98.1 Å². The molecule has 0 amide bonds. The zero-order valence-electron chi connectivity index (χ0n) is 25.3. The maximum absolute atomic E-state index is 3.91. The molecule has 0 N–H and O–H groups in total. The summed E-state index contributed by atoms with van der Waals surface area (Å²) in [5, 5.41) is 22.5. The molecule has 3 heterocycles. The molecule has 9 nitrogen and oxygen atoms in total. The molecule has 0 aromatic carbocycles. The van der Waals surface area contributed by atoms with Crippen LogP contribution in [0.4, 0.5) is 0 Å². The van der Waals surface area contributed by atoms with Crippen molar-refractivity contribution in [2.24, 2.45) is 0 Å². The van der Waals surface area contributed by atoms with Gasteiger partial charge in [0, 0.05) is 110 Å². The second kappa shape index (κ2) is 33.0. The third-order valence-electron chi connectivity index (χ3n) is 4.85. The van der Waals surface area contributed by atoms with E-state index in [1.165, 1.54) is 43.2 Å². The molecule has 0 fully saturated rings. The molecule has 0 spiro atoms. The Morgan fingerprint density at radius 2 is 1.41 bits per heavy atom. The van der Waals surface area contributed by atoms with Crippen LogP contribution in [0.2, 0.25) is 0 Å². The Balaban J connectivity index is -0.000000128. The van der Waals surface area contributed by atoms with E-state index in [9.17, 15) is 0 Å². The number of hydrogen-bond acceptors (Lipinski definition) is 6. The van der Waals surface area contributed by atoms with Crippen LogP contribution in [0.5, 0.6) is 0 Å². The van der Waals surface area contributed by atoms with Gasteiger partial charge < -0.3 is 37.6 Å².